The average Bonchev–Trinajstić information content (AvgIpc) is 3.06. The Bertz CT molecular complexity index is 925. The Morgan fingerprint density at radius 3 is 2.73 bits per heavy atom. The molecule has 0 atom stereocenters. The monoisotopic (exact) mass is 389 g/mol. The molecule has 2 aromatic carbocycles. The Kier molecular flexibility index (Phi) is 5.81. The molecule has 1 heterocycles. The van der Waals surface area contributed by atoms with Gasteiger partial charge in [-0.15, -0.1) is 0 Å². The molecule has 0 bridgehead atoms. The molecule has 26 heavy (non-hydrogen) atoms. The van der Waals surface area contributed by atoms with E-state index in [0.29, 0.717) is 40.3 Å². The maximum Gasteiger partial charge on any atom is 0.260 e. The van der Waals surface area contributed by atoms with Crippen LogP contribution >= 0.6 is 23.2 Å². The molecule has 0 aliphatic heterocycles. The lowest BCUT2D eigenvalue weighted by Gasteiger charge is -2.09. The van der Waals surface area contributed by atoms with E-state index >= 15 is 0 Å². The predicted molar refractivity (Wildman–Crippen MR) is 103 cm³/mol. The van der Waals surface area contributed by atoms with Gasteiger partial charge in [-0.25, -0.2) is 0 Å². The maximum atomic E-state index is 12.5. The van der Waals surface area contributed by atoms with Gasteiger partial charge >= 0.3 is 0 Å². The molecule has 0 spiro atoms. The summed E-state index contributed by atoms with van der Waals surface area (Å²) in [5.41, 5.74) is 1.43. The Morgan fingerprint density at radius 1 is 1.15 bits per heavy atom. The highest BCUT2D eigenvalue weighted by Crippen LogP contribution is 2.23. The van der Waals surface area contributed by atoms with E-state index in [1.165, 1.54) is 0 Å². The smallest absolute Gasteiger partial charge is 0.260 e. The Labute approximate surface area is 161 Å². The fourth-order valence-corrected chi connectivity index (χ4v) is 2.78. The molecule has 0 unspecified atom stereocenters. The number of carbonyl (C=O) groups is 1. The van der Waals surface area contributed by atoms with Crippen LogP contribution in [0.3, 0.4) is 0 Å². The van der Waals surface area contributed by atoms with Crippen molar-refractivity contribution in [1.29, 1.82) is 0 Å². The van der Waals surface area contributed by atoms with Crippen LogP contribution in [0.2, 0.25) is 10.0 Å². The van der Waals surface area contributed by atoms with E-state index in [1.54, 1.807) is 47.3 Å². The highest BCUT2D eigenvalue weighted by Gasteiger charge is 2.13. The number of hydrogen-bond acceptors (Lipinski definition) is 3. The summed E-state index contributed by atoms with van der Waals surface area (Å²) in [6.45, 7) is 2.88. The largest absolute Gasteiger partial charge is 0.493 e. The van der Waals surface area contributed by atoms with Crippen molar-refractivity contribution in [2.24, 2.45) is 0 Å². The molecule has 3 aromatic rings. The van der Waals surface area contributed by atoms with E-state index in [4.69, 9.17) is 27.9 Å². The zero-order valence-electron chi connectivity index (χ0n) is 14.1. The first-order chi connectivity index (χ1) is 12.6. The van der Waals surface area contributed by atoms with Crippen LogP contribution in [0.4, 0.5) is 5.82 Å². The molecule has 5 nitrogen and oxygen atoms in total. The second-order valence-corrected chi connectivity index (χ2v) is 6.34. The van der Waals surface area contributed by atoms with Gasteiger partial charge in [-0.3, -0.25) is 9.48 Å². The summed E-state index contributed by atoms with van der Waals surface area (Å²) in [6, 6.07) is 14.3. The summed E-state index contributed by atoms with van der Waals surface area (Å²) in [5, 5.41) is 8.16. The first-order valence-electron chi connectivity index (χ1n) is 8.07. The number of rotatable bonds is 6. The maximum absolute atomic E-state index is 12.5. The molecule has 1 amide bonds. The van der Waals surface area contributed by atoms with Crippen LogP contribution < -0.4 is 10.1 Å². The standard InChI is InChI=1S/C19H17Cl2N3O2/c1-2-26-17-6-4-3-5-14(17)19(25)22-18-9-10-24(23-18)12-13-7-8-15(20)16(21)11-13/h3-11H,2,12H2,1H3,(H,22,23,25). The molecule has 7 heteroatoms. The average molecular weight is 390 g/mol. The van der Waals surface area contributed by atoms with E-state index < -0.39 is 0 Å². The number of benzene rings is 2. The predicted octanol–water partition coefficient (Wildman–Crippen LogP) is 4.89. The van der Waals surface area contributed by atoms with Gasteiger partial charge in [0.2, 0.25) is 0 Å². The summed E-state index contributed by atoms with van der Waals surface area (Å²) in [4.78, 5) is 12.5. The second-order valence-electron chi connectivity index (χ2n) is 5.53. The van der Waals surface area contributed by atoms with Crippen molar-refractivity contribution in [2.45, 2.75) is 13.5 Å². The number of halogens is 2. The number of amides is 1. The quantitative estimate of drug-likeness (QED) is 0.652. The number of anilines is 1. The zero-order chi connectivity index (χ0) is 18.5. The van der Waals surface area contributed by atoms with E-state index in [1.807, 2.05) is 19.1 Å². The lowest BCUT2D eigenvalue weighted by Crippen LogP contribution is -2.14. The normalized spacial score (nSPS) is 10.6. The third-order valence-corrected chi connectivity index (χ3v) is 4.38. The second kappa shape index (κ2) is 8.25. The number of nitrogens with one attached hydrogen (secondary N) is 1. The van der Waals surface area contributed by atoms with Crippen molar-refractivity contribution in [3.8, 4) is 5.75 Å². The molecular formula is C19H17Cl2N3O2. The zero-order valence-corrected chi connectivity index (χ0v) is 15.6. The minimum atomic E-state index is -0.270. The summed E-state index contributed by atoms with van der Waals surface area (Å²) in [7, 11) is 0. The van der Waals surface area contributed by atoms with Crippen LogP contribution in [0.5, 0.6) is 5.75 Å². The number of carbonyl (C=O) groups excluding carboxylic acids is 1. The minimum Gasteiger partial charge on any atom is -0.493 e. The molecule has 0 fully saturated rings. The molecular weight excluding hydrogens is 373 g/mol. The van der Waals surface area contributed by atoms with Gasteiger partial charge in [0.15, 0.2) is 5.82 Å². The Hall–Kier alpha value is -2.50. The SMILES string of the molecule is CCOc1ccccc1C(=O)Nc1ccn(Cc2ccc(Cl)c(Cl)c2)n1. The van der Waals surface area contributed by atoms with E-state index in [9.17, 15) is 4.79 Å². The van der Waals surface area contributed by atoms with Gasteiger partial charge in [-0.1, -0.05) is 41.4 Å². The number of ether oxygens (including phenoxy) is 1. The number of hydrogen-bond donors (Lipinski definition) is 1. The molecule has 0 saturated carbocycles. The van der Waals surface area contributed by atoms with Gasteiger partial charge in [0.25, 0.3) is 5.91 Å². The lowest BCUT2D eigenvalue weighted by molar-refractivity contribution is 0.102. The van der Waals surface area contributed by atoms with Gasteiger partial charge in [0.05, 0.1) is 28.8 Å². The molecule has 1 aromatic heterocycles. The van der Waals surface area contributed by atoms with E-state index in [2.05, 4.69) is 10.4 Å². The Morgan fingerprint density at radius 2 is 1.96 bits per heavy atom. The van der Waals surface area contributed by atoms with Crippen LogP contribution in [-0.4, -0.2) is 22.3 Å². The van der Waals surface area contributed by atoms with E-state index in [-0.39, 0.29) is 5.91 Å². The van der Waals surface area contributed by atoms with Crippen molar-refractivity contribution < 1.29 is 9.53 Å². The van der Waals surface area contributed by atoms with Gasteiger partial charge < -0.3 is 10.1 Å². The molecule has 0 radical (unpaired) electrons. The fourth-order valence-electron chi connectivity index (χ4n) is 2.46. The molecule has 0 aliphatic carbocycles. The van der Waals surface area contributed by atoms with Crippen molar-refractivity contribution in [3.05, 3.63) is 75.9 Å². The summed E-state index contributed by atoms with van der Waals surface area (Å²) >= 11 is 12.0. The number of nitrogens with zero attached hydrogens (tertiary/aromatic N) is 2. The van der Waals surface area contributed by atoms with Crippen molar-refractivity contribution in [2.75, 3.05) is 11.9 Å². The van der Waals surface area contributed by atoms with E-state index in [0.717, 1.165) is 5.56 Å². The van der Waals surface area contributed by atoms with Crippen molar-refractivity contribution in [3.63, 3.8) is 0 Å². The topological polar surface area (TPSA) is 56.1 Å². The van der Waals surface area contributed by atoms with Gasteiger partial charge in [0, 0.05) is 12.3 Å². The third-order valence-electron chi connectivity index (χ3n) is 3.64. The minimum absolute atomic E-state index is 0.270. The molecule has 0 saturated heterocycles. The summed E-state index contributed by atoms with van der Waals surface area (Å²) in [6.07, 6.45) is 1.78. The van der Waals surface area contributed by atoms with Crippen molar-refractivity contribution in [1.82, 2.24) is 9.78 Å². The first-order valence-corrected chi connectivity index (χ1v) is 8.83. The first kappa shape index (κ1) is 18.3. The van der Waals surface area contributed by atoms with Crippen molar-refractivity contribution >= 4 is 34.9 Å². The van der Waals surface area contributed by atoms with Crippen LogP contribution in [0.15, 0.2) is 54.7 Å². The highest BCUT2D eigenvalue weighted by atomic mass is 35.5. The molecule has 0 aliphatic rings. The van der Waals surface area contributed by atoms with Gasteiger partial charge in [-0.2, -0.15) is 5.10 Å². The third kappa shape index (κ3) is 4.36. The summed E-state index contributed by atoms with van der Waals surface area (Å²) in [5.74, 6) is 0.734. The molecule has 1 N–H and O–H groups in total. The van der Waals surface area contributed by atoms with Crippen LogP contribution in [0.1, 0.15) is 22.8 Å². The number of para-hydroxylation sites is 1. The highest BCUT2D eigenvalue weighted by molar-refractivity contribution is 6.42. The van der Waals surface area contributed by atoms with Gasteiger partial charge in [-0.05, 0) is 36.8 Å². The number of aromatic nitrogens is 2. The Balaban J connectivity index is 1.70. The van der Waals surface area contributed by atoms with Crippen LogP contribution in [0, 0.1) is 0 Å². The van der Waals surface area contributed by atoms with Crippen LogP contribution in [-0.2, 0) is 6.54 Å². The molecule has 3 rings (SSSR count). The molecule has 134 valence electrons. The summed E-state index contributed by atoms with van der Waals surface area (Å²) < 4.78 is 7.20. The fraction of sp³-hybridized carbons (Fsp3) is 0.158. The van der Waals surface area contributed by atoms with Gasteiger partial charge in [0.1, 0.15) is 5.75 Å². The lowest BCUT2D eigenvalue weighted by atomic mass is 10.2. The van der Waals surface area contributed by atoms with Crippen LogP contribution in [0.25, 0.3) is 0 Å².